The van der Waals surface area contributed by atoms with Crippen molar-refractivity contribution in [2.24, 2.45) is 0 Å². The Hall–Kier alpha value is -2.44. The van der Waals surface area contributed by atoms with E-state index in [-0.39, 0.29) is 19.0 Å². The fourth-order valence-electron chi connectivity index (χ4n) is 2.91. The molecule has 1 aliphatic rings. The highest BCUT2D eigenvalue weighted by atomic mass is 16.6. The highest BCUT2D eigenvalue weighted by Gasteiger charge is 2.33. The van der Waals surface area contributed by atoms with E-state index in [9.17, 15) is 10.2 Å². The number of phenols is 1. The summed E-state index contributed by atoms with van der Waals surface area (Å²) in [4.78, 5) is 0. The normalized spacial score (nSPS) is 18.8. The van der Waals surface area contributed by atoms with E-state index in [1.807, 2.05) is 18.2 Å². The minimum Gasteiger partial charge on any atom is -0.504 e. The number of methoxy groups -OCH3 is 1. The standard InChI is InChI=1S/C19H22O6/c1-23-16-10-13(5-6-14(16)22)19-18(11-21)24-17-9-12(3-2-8-20)4-7-15(17)25-19/h4-7,9-10,18-22H,2-3,8,11H2,1H3/t18-,19-/m1/s1. The van der Waals surface area contributed by atoms with Crippen molar-refractivity contribution in [1.82, 2.24) is 0 Å². The van der Waals surface area contributed by atoms with Crippen LogP contribution in [0.1, 0.15) is 23.7 Å². The van der Waals surface area contributed by atoms with Gasteiger partial charge in [-0.1, -0.05) is 12.1 Å². The second-order valence-electron chi connectivity index (χ2n) is 5.92. The summed E-state index contributed by atoms with van der Waals surface area (Å²) < 4.78 is 17.1. The van der Waals surface area contributed by atoms with E-state index < -0.39 is 12.2 Å². The average Bonchev–Trinajstić information content (AvgIpc) is 2.65. The summed E-state index contributed by atoms with van der Waals surface area (Å²) in [5.41, 5.74) is 1.78. The lowest BCUT2D eigenvalue weighted by Crippen LogP contribution is -2.36. The second-order valence-corrected chi connectivity index (χ2v) is 5.92. The highest BCUT2D eigenvalue weighted by Crippen LogP contribution is 2.41. The van der Waals surface area contributed by atoms with E-state index in [1.165, 1.54) is 13.2 Å². The summed E-state index contributed by atoms with van der Waals surface area (Å²) >= 11 is 0. The smallest absolute Gasteiger partial charge is 0.163 e. The summed E-state index contributed by atoms with van der Waals surface area (Å²) in [6.45, 7) is -0.0768. The number of ether oxygens (including phenoxy) is 3. The molecule has 0 aromatic heterocycles. The monoisotopic (exact) mass is 346 g/mol. The first kappa shape index (κ1) is 17.4. The summed E-state index contributed by atoms with van der Waals surface area (Å²) in [7, 11) is 1.48. The first-order chi connectivity index (χ1) is 12.2. The molecule has 1 heterocycles. The van der Waals surface area contributed by atoms with Crippen LogP contribution in [0.15, 0.2) is 36.4 Å². The van der Waals surface area contributed by atoms with Gasteiger partial charge in [0, 0.05) is 12.2 Å². The van der Waals surface area contributed by atoms with Crippen LogP contribution in [0.25, 0.3) is 0 Å². The van der Waals surface area contributed by atoms with Crippen molar-refractivity contribution >= 4 is 0 Å². The topological polar surface area (TPSA) is 88.4 Å². The van der Waals surface area contributed by atoms with E-state index in [0.29, 0.717) is 23.7 Å². The van der Waals surface area contributed by atoms with Crippen LogP contribution in [0.2, 0.25) is 0 Å². The Labute approximate surface area is 146 Å². The molecule has 2 aromatic carbocycles. The van der Waals surface area contributed by atoms with Crippen LogP contribution in [0.5, 0.6) is 23.0 Å². The van der Waals surface area contributed by atoms with Gasteiger partial charge in [-0.05, 0) is 42.7 Å². The number of hydrogen-bond donors (Lipinski definition) is 3. The number of phenolic OH excluding ortho intramolecular Hbond substituents is 1. The molecule has 0 unspecified atom stereocenters. The van der Waals surface area contributed by atoms with Crippen molar-refractivity contribution in [3.05, 3.63) is 47.5 Å². The van der Waals surface area contributed by atoms with Gasteiger partial charge in [-0.25, -0.2) is 0 Å². The average molecular weight is 346 g/mol. The Bertz CT molecular complexity index is 730. The van der Waals surface area contributed by atoms with Gasteiger partial charge in [-0.3, -0.25) is 0 Å². The van der Waals surface area contributed by atoms with Crippen LogP contribution in [0, 0.1) is 0 Å². The maximum Gasteiger partial charge on any atom is 0.163 e. The number of aromatic hydroxyl groups is 1. The first-order valence-electron chi connectivity index (χ1n) is 8.21. The Kier molecular flexibility index (Phi) is 5.31. The van der Waals surface area contributed by atoms with Gasteiger partial charge in [0.15, 0.2) is 35.2 Å². The van der Waals surface area contributed by atoms with Crippen molar-refractivity contribution in [2.45, 2.75) is 25.0 Å². The molecule has 0 bridgehead atoms. The van der Waals surface area contributed by atoms with Crippen molar-refractivity contribution in [1.29, 1.82) is 0 Å². The summed E-state index contributed by atoms with van der Waals surface area (Å²) in [6.07, 6.45) is 0.333. The number of fused-ring (bicyclic) bond motifs is 1. The molecule has 2 aromatic rings. The molecule has 0 saturated heterocycles. The van der Waals surface area contributed by atoms with Crippen LogP contribution >= 0.6 is 0 Å². The number of hydrogen-bond acceptors (Lipinski definition) is 6. The van der Waals surface area contributed by atoms with Crippen LogP contribution < -0.4 is 14.2 Å². The lowest BCUT2D eigenvalue weighted by molar-refractivity contribution is -0.0124. The van der Waals surface area contributed by atoms with Crippen LogP contribution in [-0.4, -0.2) is 41.7 Å². The van der Waals surface area contributed by atoms with Gasteiger partial charge in [-0.15, -0.1) is 0 Å². The molecule has 1 aliphatic heterocycles. The number of aryl methyl sites for hydroxylation is 1. The van der Waals surface area contributed by atoms with Gasteiger partial charge in [0.25, 0.3) is 0 Å². The second kappa shape index (κ2) is 7.63. The molecule has 0 spiro atoms. The molecule has 3 rings (SSSR count). The number of aliphatic hydroxyl groups excluding tert-OH is 2. The zero-order chi connectivity index (χ0) is 17.8. The third kappa shape index (κ3) is 3.65. The van der Waals surface area contributed by atoms with Gasteiger partial charge in [0.1, 0.15) is 0 Å². The van der Waals surface area contributed by atoms with Gasteiger partial charge >= 0.3 is 0 Å². The molecular formula is C19H22O6. The van der Waals surface area contributed by atoms with E-state index in [2.05, 4.69) is 0 Å². The highest BCUT2D eigenvalue weighted by molar-refractivity contribution is 5.47. The van der Waals surface area contributed by atoms with E-state index in [4.69, 9.17) is 19.3 Å². The fraction of sp³-hybridized carbons (Fsp3) is 0.368. The molecule has 25 heavy (non-hydrogen) atoms. The van der Waals surface area contributed by atoms with Crippen molar-refractivity contribution < 1.29 is 29.5 Å². The van der Waals surface area contributed by atoms with Crippen LogP contribution in [-0.2, 0) is 6.42 Å². The van der Waals surface area contributed by atoms with Crippen LogP contribution in [0.3, 0.4) is 0 Å². The fourth-order valence-corrected chi connectivity index (χ4v) is 2.91. The summed E-state index contributed by atoms with van der Waals surface area (Å²) in [6, 6.07) is 10.6. The van der Waals surface area contributed by atoms with Gasteiger partial charge < -0.3 is 29.5 Å². The zero-order valence-corrected chi connectivity index (χ0v) is 14.0. The molecular weight excluding hydrogens is 324 g/mol. The maximum atomic E-state index is 9.75. The minimum absolute atomic E-state index is 0.0393. The van der Waals surface area contributed by atoms with E-state index >= 15 is 0 Å². The third-order valence-electron chi connectivity index (χ3n) is 4.21. The van der Waals surface area contributed by atoms with E-state index in [1.54, 1.807) is 12.1 Å². The largest absolute Gasteiger partial charge is 0.504 e. The van der Waals surface area contributed by atoms with Crippen LogP contribution in [0.4, 0.5) is 0 Å². The number of rotatable bonds is 6. The molecule has 2 atom stereocenters. The Morgan fingerprint density at radius 3 is 2.60 bits per heavy atom. The molecule has 0 amide bonds. The van der Waals surface area contributed by atoms with Gasteiger partial charge in [0.05, 0.1) is 13.7 Å². The predicted octanol–water partition coefficient (Wildman–Crippen LogP) is 2.20. The zero-order valence-electron chi connectivity index (χ0n) is 14.0. The predicted molar refractivity (Wildman–Crippen MR) is 91.4 cm³/mol. The summed E-state index contributed by atoms with van der Waals surface area (Å²) in [5, 5.41) is 28.4. The van der Waals surface area contributed by atoms with Gasteiger partial charge in [0.2, 0.25) is 0 Å². The molecule has 6 heteroatoms. The summed E-state index contributed by atoms with van der Waals surface area (Å²) in [5.74, 6) is 1.55. The Morgan fingerprint density at radius 1 is 1.04 bits per heavy atom. The number of aliphatic hydroxyl groups is 2. The van der Waals surface area contributed by atoms with Crippen molar-refractivity contribution in [3.63, 3.8) is 0 Å². The molecule has 0 fully saturated rings. The molecule has 0 radical (unpaired) electrons. The van der Waals surface area contributed by atoms with Crippen molar-refractivity contribution in [2.75, 3.05) is 20.3 Å². The maximum absolute atomic E-state index is 9.75. The molecule has 0 saturated carbocycles. The molecule has 134 valence electrons. The minimum atomic E-state index is -0.574. The molecule has 0 aliphatic carbocycles. The molecule has 6 nitrogen and oxygen atoms in total. The quantitative estimate of drug-likeness (QED) is 0.743. The Balaban J connectivity index is 1.88. The SMILES string of the molecule is COc1cc([C@H]2Oc3ccc(CCCO)cc3O[C@@H]2CO)ccc1O. The van der Waals surface area contributed by atoms with Gasteiger partial charge in [-0.2, -0.15) is 0 Å². The first-order valence-corrected chi connectivity index (χ1v) is 8.21. The van der Waals surface area contributed by atoms with Crippen molar-refractivity contribution in [3.8, 4) is 23.0 Å². The lowest BCUT2D eigenvalue weighted by Gasteiger charge is -2.33. The van der Waals surface area contributed by atoms with E-state index in [0.717, 1.165) is 17.5 Å². The number of benzene rings is 2. The lowest BCUT2D eigenvalue weighted by atomic mass is 10.0. The third-order valence-corrected chi connectivity index (χ3v) is 4.21. The molecule has 3 N–H and O–H groups in total. The Morgan fingerprint density at radius 2 is 1.88 bits per heavy atom.